The molecule has 6 atom stereocenters. The molecule has 2 saturated heterocycles. The maximum Gasteiger partial charge on any atom is 0.471 e. The summed E-state index contributed by atoms with van der Waals surface area (Å²) in [5.74, 6) is -5.59. The van der Waals surface area contributed by atoms with Crippen LogP contribution in [0.5, 0.6) is 0 Å². The van der Waals surface area contributed by atoms with Gasteiger partial charge >= 0.3 is 12.1 Å². The first kappa shape index (κ1) is 23.9. The highest BCUT2D eigenvalue weighted by Crippen LogP contribution is 2.65. The third-order valence-electron chi connectivity index (χ3n) is 7.33. The lowest BCUT2D eigenvalue weighted by atomic mass is 9.85. The molecule has 4 amide bonds. The number of alkyl halides is 3. The maximum absolute atomic E-state index is 13.5. The van der Waals surface area contributed by atoms with Gasteiger partial charge in [-0.2, -0.15) is 18.4 Å². The van der Waals surface area contributed by atoms with Crippen LogP contribution in [0.25, 0.3) is 0 Å². The van der Waals surface area contributed by atoms with E-state index in [0.717, 1.165) is 0 Å². The van der Waals surface area contributed by atoms with E-state index in [1.54, 1.807) is 5.32 Å². The second kappa shape index (κ2) is 8.99. The highest BCUT2D eigenvalue weighted by molar-refractivity contribution is 5.95. The fourth-order valence-electron chi connectivity index (χ4n) is 5.17. The number of carbonyl (C=O) groups excluding carboxylic acids is 4. The Morgan fingerprint density at radius 3 is 2.40 bits per heavy atom. The molecule has 3 aliphatic rings. The zero-order valence-electron chi connectivity index (χ0n) is 22.2. The van der Waals surface area contributed by atoms with Gasteiger partial charge in [-0.05, 0) is 35.5 Å². The zero-order valence-corrected chi connectivity index (χ0v) is 20.2. The third-order valence-corrected chi connectivity index (χ3v) is 7.33. The zero-order chi connectivity index (χ0) is 28.3. The first-order chi connectivity index (χ1) is 16.7. The van der Waals surface area contributed by atoms with Crippen molar-refractivity contribution in [3.63, 3.8) is 0 Å². The number of carbonyl (C=O) groups is 4. The monoisotopic (exact) mass is 501 g/mol. The molecule has 3 N–H and O–H groups in total. The third kappa shape index (κ3) is 5.23. The van der Waals surface area contributed by atoms with Gasteiger partial charge in [0.1, 0.15) is 18.1 Å². The van der Waals surface area contributed by atoms with E-state index in [2.05, 4.69) is 10.6 Å². The molecule has 3 fully saturated rings. The molecule has 194 valence electrons. The molecule has 35 heavy (non-hydrogen) atoms. The Bertz CT molecular complexity index is 1040. The Hall–Kier alpha value is -2.84. The highest BCUT2D eigenvalue weighted by Gasteiger charge is 2.70. The van der Waals surface area contributed by atoms with Crippen molar-refractivity contribution >= 4 is 23.6 Å². The summed E-state index contributed by atoms with van der Waals surface area (Å²) in [7, 11) is 0. The number of rotatable bonds is 6. The van der Waals surface area contributed by atoms with Crippen molar-refractivity contribution in [2.75, 3.05) is 13.0 Å². The molecule has 12 heteroatoms. The normalized spacial score (nSPS) is 31.2. The number of fused-ring (bicyclic) bond motifs is 1. The fourth-order valence-corrected chi connectivity index (χ4v) is 5.17. The van der Waals surface area contributed by atoms with Gasteiger partial charge in [-0.25, -0.2) is 0 Å². The molecule has 1 saturated carbocycles. The largest absolute Gasteiger partial charge is 0.471 e. The van der Waals surface area contributed by atoms with Crippen LogP contribution in [0.3, 0.4) is 0 Å². The second-order valence-corrected chi connectivity index (χ2v) is 11.2. The minimum atomic E-state index is -5.20. The SMILES string of the molecule is [2H]C1([2H])C[C@@H](C[C@H](C#N)NC(=O)[C@@H]2[C@@H]3[C@H](CN2C(=O)[C@H](NC(=O)C(F)(F)F)C(C)(C)C)C3(C)C)C(=O)N1. The first-order valence-electron chi connectivity index (χ1n) is 12.4. The smallest absolute Gasteiger partial charge is 0.356 e. The fraction of sp³-hybridized carbons (Fsp3) is 0.783. The number of amides is 4. The van der Waals surface area contributed by atoms with E-state index in [1.807, 2.05) is 19.9 Å². The summed E-state index contributed by atoms with van der Waals surface area (Å²) in [6.45, 7) is 6.49. The average molecular weight is 502 g/mol. The van der Waals surface area contributed by atoms with Crippen LogP contribution in [-0.2, 0) is 19.2 Å². The summed E-state index contributed by atoms with van der Waals surface area (Å²) >= 11 is 0. The van der Waals surface area contributed by atoms with Gasteiger partial charge in [0.25, 0.3) is 0 Å². The number of piperidine rings is 1. The predicted octanol–water partition coefficient (Wildman–Crippen LogP) is 1.10. The molecule has 0 unspecified atom stereocenters. The van der Waals surface area contributed by atoms with E-state index in [0.29, 0.717) is 0 Å². The summed E-state index contributed by atoms with van der Waals surface area (Å²) < 4.78 is 54.2. The summed E-state index contributed by atoms with van der Waals surface area (Å²) in [5.41, 5.74) is -1.43. The summed E-state index contributed by atoms with van der Waals surface area (Å²) in [5, 5.41) is 16.1. The lowest BCUT2D eigenvalue weighted by Crippen LogP contribution is -2.61. The lowest BCUT2D eigenvalue weighted by molar-refractivity contribution is -0.176. The number of nitrogens with zero attached hydrogens (tertiary/aromatic N) is 2. The highest BCUT2D eigenvalue weighted by atomic mass is 19.4. The minimum absolute atomic E-state index is 0.0977. The summed E-state index contributed by atoms with van der Waals surface area (Å²) in [6, 6.07) is -1.90. The van der Waals surface area contributed by atoms with Crippen molar-refractivity contribution in [1.29, 1.82) is 5.26 Å². The molecule has 0 spiro atoms. The molecule has 2 aliphatic heterocycles. The topological polar surface area (TPSA) is 131 Å². The van der Waals surface area contributed by atoms with Crippen LogP contribution in [-0.4, -0.2) is 65.9 Å². The molecule has 0 aromatic rings. The van der Waals surface area contributed by atoms with Gasteiger partial charge in [0.05, 0.1) is 6.07 Å². The molecule has 0 aromatic carbocycles. The molecule has 0 radical (unpaired) electrons. The summed E-state index contributed by atoms with van der Waals surface area (Å²) in [4.78, 5) is 51.8. The molecular weight excluding hydrogens is 467 g/mol. The van der Waals surface area contributed by atoms with E-state index in [4.69, 9.17) is 2.74 Å². The van der Waals surface area contributed by atoms with Crippen LogP contribution in [0.2, 0.25) is 0 Å². The molecule has 9 nitrogen and oxygen atoms in total. The minimum Gasteiger partial charge on any atom is -0.356 e. The van der Waals surface area contributed by atoms with Crippen LogP contribution < -0.4 is 16.0 Å². The van der Waals surface area contributed by atoms with Crippen LogP contribution in [0.4, 0.5) is 13.2 Å². The second-order valence-electron chi connectivity index (χ2n) is 11.2. The van der Waals surface area contributed by atoms with Gasteiger partial charge in [-0.3, -0.25) is 19.2 Å². The van der Waals surface area contributed by atoms with Crippen molar-refractivity contribution in [1.82, 2.24) is 20.9 Å². The number of likely N-dealkylation sites (tertiary alicyclic amines) is 1. The molecule has 0 aromatic heterocycles. The van der Waals surface area contributed by atoms with Crippen molar-refractivity contribution in [2.45, 2.75) is 71.8 Å². The molecule has 1 aliphatic carbocycles. The molecule has 0 bridgehead atoms. The van der Waals surface area contributed by atoms with Crippen LogP contribution >= 0.6 is 0 Å². The number of hydrogen-bond donors (Lipinski definition) is 3. The number of nitrogens with one attached hydrogen (secondary N) is 3. The Morgan fingerprint density at radius 2 is 1.91 bits per heavy atom. The van der Waals surface area contributed by atoms with Gasteiger partial charge in [0.2, 0.25) is 17.7 Å². The molecular formula is C23H32F3N5O4. The van der Waals surface area contributed by atoms with E-state index in [9.17, 15) is 37.6 Å². The average Bonchev–Trinajstić information content (AvgIpc) is 3.04. The van der Waals surface area contributed by atoms with Crippen LogP contribution in [0.1, 0.15) is 50.2 Å². The Balaban J connectivity index is 1.80. The first-order valence-corrected chi connectivity index (χ1v) is 11.4. The standard InChI is InChI=1S/C23H32F3N5O4/c1-21(2,3)16(30-20(35)23(24,25)26)19(34)31-10-13-14(22(13,4)5)15(31)18(33)29-12(9-27)8-11-6-7-28-17(11)32/h11-16H,6-8,10H2,1-5H3,(H,28,32)(H,29,33)(H,30,35)/t11-,12+,13-,14-,15-,16-/m0/s1/i7D2. The molecule has 3 rings (SSSR count). The van der Waals surface area contributed by atoms with Crippen molar-refractivity contribution in [3.05, 3.63) is 0 Å². The molecule has 2 heterocycles. The van der Waals surface area contributed by atoms with Crippen LogP contribution in [0.15, 0.2) is 0 Å². The van der Waals surface area contributed by atoms with Crippen molar-refractivity contribution in [3.8, 4) is 6.07 Å². The van der Waals surface area contributed by atoms with Gasteiger partial charge in [0.15, 0.2) is 0 Å². The Labute approximate surface area is 205 Å². The number of nitriles is 1. The van der Waals surface area contributed by atoms with E-state index in [1.165, 1.54) is 25.7 Å². The Kier molecular flexibility index (Phi) is 6.13. The van der Waals surface area contributed by atoms with Gasteiger partial charge < -0.3 is 20.9 Å². The van der Waals surface area contributed by atoms with E-state index in [-0.39, 0.29) is 36.6 Å². The predicted molar refractivity (Wildman–Crippen MR) is 117 cm³/mol. The summed E-state index contributed by atoms with van der Waals surface area (Å²) in [6.07, 6.45) is -5.51. The van der Waals surface area contributed by atoms with Crippen molar-refractivity contribution < 1.29 is 35.1 Å². The Morgan fingerprint density at radius 1 is 1.29 bits per heavy atom. The van der Waals surface area contributed by atoms with Gasteiger partial charge in [0, 0.05) is 21.7 Å². The lowest BCUT2D eigenvalue weighted by Gasteiger charge is -2.37. The van der Waals surface area contributed by atoms with Crippen LogP contribution in [0, 0.1) is 39.9 Å². The van der Waals surface area contributed by atoms with Gasteiger partial charge in [-0.15, -0.1) is 0 Å². The van der Waals surface area contributed by atoms with E-state index >= 15 is 0 Å². The van der Waals surface area contributed by atoms with Gasteiger partial charge in [-0.1, -0.05) is 34.6 Å². The van der Waals surface area contributed by atoms with E-state index < -0.39 is 65.8 Å². The maximum atomic E-state index is 13.5. The number of hydrogen-bond acceptors (Lipinski definition) is 5. The number of halogens is 3. The quantitative estimate of drug-likeness (QED) is 0.502. The van der Waals surface area contributed by atoms with Crippen molar-refractivity contribution in [2.24, 2.45) is 28.6 Å².